The number of hydrogen-bond acceptors (Lipinski definition) is 7. The lowest BCUT2D eigenvalue weighted by Crippen LogP contribution is -2.47. The quantitative estimate of drug-likeness (QED) is 0.629. The van der Waals surface area contributed by atoms with Gasteiger partial charge in [0.2, 0.25) is 5.91 Å². The Balaban J connectivity index is 1.60. The number of ether oxygens (including phenoxy) is 2. The maximum absolute atomic E-state index is 13.1. The molecule has 1 N–H and O–H groups in total. The Morgan fingerprint density at radius 1 is 1.12 bits per heavy atom. The van der Waals surface area contributed by atoms with Crippen LogP contribution in [-0.2, 0) is 9.59 Å². The summed E-state index contributed by atoms with van der Waals surface area (Å²) in [6.45, 7) is 5.90. The highest BCUT2D eigenvalue weighted by Crippen LogP contribution is 2.37. The molecule has 0 fully saturated rings. The molecule has 2 aromatic rings. The fraction of sp³-hybridized carbons (Fsp3) is 0.360. The second kappa shape index (κ2) is 9.89. The monoisotopic (exact) mass is 480 g/mol. The van der Waals surface area contributed by atoms with Crippen molar-refractivity contribution in [2.24, 2.45) is 15.9 Å². The first-order chi connectivity index (χ1) is 16.4. The predicted molar refractivity (Wildman–Crippen MR) is 135 cm³/mol. The van der Waals surface area contributed by atoms with Crippen molar-refractivity contribution >= 4 is 46.0 Å². The van der Waals surface area contributed by atoms with E-state index in [1.165, 1.54) is 11.8 Å². The van der Waals surface area contributed by atoms with Crippen LogP contribution in [-0.4, -0.2) is 53.2 Å². The van der Waals surface area contributed by atoms with Crippen LogP contribution < -0.4 is 14.8 Å². The molecule has 0 radical (unpaired) electrons. The Labute approximate surface area is 203 Å². The Bertz CT molecular complexity index is 1160. The van der Waals surface area contributed by atoms with Crippen molar-refractivity contribution in [2.45, 2.75) is 38.5 Å². The summed E-state index contributed by atoms with van der Waals surface area (Å²) in [6.07, 6.45) is 0.822. The molecule has 178 valence electrons. The van der Waals surface area contributed by atoms with E-state index in [4.69, 9.17) is 14.5 Å². The fourth-order valence-corrected chi connectivity index (χ4v) is 4.87. The van der Waals surface area contributed by atoms with E-state index in [2.05, 4.69) is 17.2 Å². The molecule has 0 spiro atoms. The van der Waals surface area contributed by atoms with Crippen LogP contribution in [0, 0.1) is 5.92 Å². The number of nitrogens with one attached hydrogen (secondary N) is 1. The summed E-state index contributed by atoms with van der Waals surface area (Å²) in [7, 11) is 3.12. The van der Waals surface area contributed by atoms with Crippen molar-refractivity contribution in [1.82, 2.24) is 4.90 Å². The van der Waals surface area contributed by atoms with Crippen LogP contribution in [0.1, 0.15) is 32.8 Å². The first kappa shape index (κ1) is 23.8. The lowest BCUT2D eigenvalue weighted by molar-refractivity contribution is -0.120. The van der Waals surface area contributed by atoms with E-state index in [0.717, 1.165) is 17.7 Å². The largest absolute Gasteiger partial charge is 0.497 e. The number of fused-ring (bicyclic) bond motifs is 3. The Hall–Kier alpha value is -3.33. The molecule has 0 saturated heterocycles. The second-order valence-corrected chi connectivity index (χ2v) is 9.54. The van der Waals surface area contributed by atoms with Crippen molar-refractivity contribution in [3.8, 4) is 11.5 Å². The summed E-state index contributed by atoms with van der Waals surface area (Å²) >= 11 is 1.31. The van der Waals surface area contributed by atoms with Crippen LogP contribution in [0.3, 0.4) is 0 Å². The van der Waals surface area contributed by atoms with Crippen molar-refractivity contribution in [1.29, 1.82) is 0 Å². The van der Waals surface area contributed by atoms with Gasteiger partial charge >= 0.3 is 0 Å². The third-order valence-electron chi connectivity index (χ3n) is 6.00. The van der Waals surface area contributed by atoms with Gasteiger partial charge in [0, 0.05) is 29.4 Å². The molecule has 2 amide bonds. The third-order valence-corrected chi connectivity index (χ3v) is 7.06. The Kier molecular flexibility index (Phi) is 6.92. The van der Waals surface area contributed by atoms with Crippen LogP contribution in [0.15, 0.2) is 52.4 Å². The van der Waals surface area contributed by atoms with Crippen LogP contribution in [0.5, 0.6) is 11.5 Å². The summed E-state index contributed by atoms with van der Waals surface area (Å²) < 4.78 is 10.6. The minimum atomic E-state index is -0.490. The molecule has 9 heteroatoms. The number of rotatable bonds is 7. The minimum Gasteiger partial charge on any atom is -0.497 e. The highest BCUT2D eigenvalue weighted by Gasteiger charge is 2.44. The number of nitrogens with zero attached hydrogens (tertiary/aromatic N) is 3. The summed E-state index contributed by atoms with van der Waals surface area (Å²) in [4.78, 5) is 37.1. The van der Waals surface area contributed by atoms with E-state index in [-0.39, 0.29) is 17.7 Å². The number of anilines is 1. The van der Waals surface area contributed by atoms with Gasteiger partial charge in [0.1, 0.15) is 23.4 Å². The molecule has 34 heavy (non-hydrogen) atoms. The van der Waals surface area contributed by atoms with Gasteiger partial charge < -0.3 is 14.8 Å². The average Bonchev–Trinajstić information content (AvgIpc) is 3.20. The van der Waals surface area contributed by atoms with Gasteiger partial charge in [-0.05, 0) is 25.0 Å². The van der Waals surface area contributed by atoms with Gasteiger partial charge in [-0.1, -0.05) is 44.2 Å². The number of amidine groups is 2. The summed E-state index contributed by atoms with van der Waals surface area (Å²) in [6, 6.07) is 12.4. The average molecular weight is 481 g/mol. The van der Waals surface area contributed by atoms with Gasteiger partial charge in [-0.3, -0.25) is 14.5 Å². The zero-order chi connectivity index (χ0) is 24.4. The lowest BCUT2D eigenvalue weighted by atomic mass is 9.97. The van der Waals surface area contributed by atoms with Gasteiger partial charge in [-0.25, -0.2) is 4.99 Å². The number of aliphatic imine (C=N–C) groups is 2. The maximum atomic E-state index is 13.1. The molecule has 2 aromatic carbocycles. The predicted octanol–water partition coefficient (Wildman–Crippen LogP) is 4.47. The molecule has 4 rings (SSSR count). The zero-order valence-corrected chi connectivity index (χ0v) is 20.7. The van der Waals surface area contributed by atoms with Crippen molar-refractivity contribution in [2.75, 3.05) is 19.5 Å². The van der Waals surface area contributed by atoms with Crippen LogP contribution in [0.25, 0.3) is 0 Å². The molecule has 0 bridgehead atoms. The second-order valence-electron chi connectivity index (χ2n) is 8.24. The number of carbonyl (C=O) groups is 2. The van der Waals surface area contributed by atoms with Crippen LogP contribution in [0.4, 0.5) is 11.4 Å². The molecular formula is C25H28N4O4S. The summed E-state index contributed by atoms with van der Waals surface area (Å²) in [5.74, 6) is 1.47. The van der Waals surface area contributed by atoms with Crippen LogP contribution in [0.2, 0.25) is 0 Å². The molecule has 0 aromatic heterocycles. The Morgan fingerprint density at radius 3 is 2.44 bits per heavy atom. The standard InChI is InChI=1S/C25H28N4O4S/c1-6-14(2)21-24(31)28-22-19-9-7-8-10-20(19)27-25(29(21)22)34-15(3)23(30)26-16-11-17(32-4)13-18(12-16)33-5/h7-15,21H,6H2,1-5H3,(H,26,30). The topological polar surface area (TPSA) is 92.6 Å². The first-order valence-corrected chi connectivity index (χ1v) is 12.0. The number of para-hydroxylation sites is 1. The van der Waals surface area contributed by atoms with Gasteiger partial charge in [0.25, 0.3) is 5.91 Å². The van der Waals surface area contributed by atoms with E-state index in [1.807, 2.05) is 43.0 Å². The molecule has 0 saturated carbocycles. The van der Waals surface area contributed by atoms with E-state index < -0.39 is 11.3 Å². The van der Waals surface area contributed by atoms with Gasteiger partial charge in [-0.2, -0.15) is 4.99 Å². The van der Waals surface area contributed by atoms with Gasteiger partial charge in [-0.15, -0.1) is 0 Å². The highest BCUT2D eigenvalue weighted by atomic mass is 32.2. The zero-order valence-electron chi connectivity index (χ0n) is 19.9. The smallest absolute Gasteiger partial charge is 0.271 e. The number of amides is 2. The molecular weight excluding hydrogens is 452 g/mol. The highest BCUT2D eigenvalue weighted by molar-refractivity contribution is 8.14. The van der Waals surface area contributed by atoms with E-state index >= 15 is 0 Å². The van der Waals surface area contributed by atoms with Crippen molar-refractivity contribution < 1.29 is 19.1 Å². The first-order valence-electron chi connectivity index (χ1n) is 11.2. The molecule has 3 atom stereocenters. The van der Waals surface area contributed by atoms with Crippen LogP contribution >= 0.6 is 11.8 Å². The normalized spacial score (nSPS) is 18.3. The van der Waals surface area contributed by atoms with Crippen molar-refractivity contribution in [3.63, 3.8) is 0 Å². The van der Waals surface area contributed by atoms with E-state index in [1.54, 1.807) is 32.4 Å². The molecule has 8 nitrogen and oxygen atoms in total. The molecule has 2 heterocycles. The number of benzene rings is 2. The minimum absolute atomic E-state index is 0.0817. The molecule has 3 unspecified atom stereocenters. The van der Waals surface area contributed by atoms with E-state index in [9.17, 15) is 9.59 Å². The lowest BCUT2D eigenvalue weighted by Gasteiger charge is -2.34. The van der Waals surface area contributed by atoms with Gasteiger partial charge in [0.15, 0.2) is 5.17 Å². The number of methoxy groups -OCH3 is 2. The third kappa shape index (κ3) is 4.52. The molecule has 2 aliphatic heterocycles. The molecule has 2 aliphatic rings. The maximum Gasteiger partial charge on any atom is 0.271 e. The van der Waals surface area contributed by atoms with E-state index in [0.29, 0.717) is 28.2 Å². The summed E-state index contributed by atoms with van der Waals surface area (Å²) in [5.41, 5.74) is 2.13. The SMILES string of the molecule is CCC(C)C1C(=O)N=C2c3ccccc3N=C(SC(C)C(=O)Nc3cc(OC)cc(OC)c3)N21. The number of thioether (sulfide) groups is 1. The number of carbonyl (C=O) groups excluding carboxylic acids is 2. The molecule has 0 aliphatic carbocycles. The fourth-order valence-electron chi connectivity index (χ4n) is 3.92. The number of hydrogen-bond donors (Lipinski definition) is 1. The summed E-state index contributed by atoms with van der Waals surface area (Å²) in [5, 5.41) is 3.03. The van der Waals surface area contributed by atoms with Gasteiger partial charge in [0.05, 0.1) is 25.2 Å². The van der Waals surface area contributed by atoms with Crippen molar-refractivity contribution in [3.05, 3.63) is 48.0 Å². The Morgan fingerprint density at radius 2 is 1.79 bits per heavy atom.